The van der Waals surface area contributed by atoms with Crippen molar-refractivity contribution >= 4 is 103 Å². The third kappa shape index (κ3) is 27.3. The monoisotopic (exact) mass is 1960 g/mol. The lowest BCUT2D eigenvalue weighted by atomic mass is 9.81. The molecular weight excluding hydrogens is 1810 g/mol. The highest BCUT2D eigenvalue weighted by Gasteiger charge is 2.47. The van der Waals surface area contributed by atoms with Crippen LogP contribution in [-0.2, 0) is 11.2 Å². The molecule has 0 fully saturated rings. The van der Waals surface area contributed by atoms with Crippen LogP contribution >= 0.6 is 68.0 Å². The van der Waals surface area contributed by atoms with Crippen molar-refractivity contribution in [1.82, 2.24) is 0 Å². The van der Waals surface area contributed by atoms with Gasteiger partial charge in [0, 0.05) is 76.2 Å². The van der Waals surface area contributed by atoms with E-state index >= 15 is 17.6 Å². The van der Waals surface area contributed by atoms with Crippen molar-refractivity contribution in [1.29, 1.82) is 10.5 Å². The summed E-state index contributed by atoms with van der Waals surface area (Å²) in [6, 6.07) is 20.9. The second-order valence-electron chi connectivity index (χ2n) is 38.7. The first-order valence-electron chi connectivity index (χ1n) is 52.5. The molecule has 0 N–H and O–H groups in total. The quantitative estimate of drug-likeness (QED) is 0.0121. The van der Waals surface area contributed by atoms with E-state index in [-0.39, 0.29) is 67.8 Å². The van der Waals surface area contributed by atoms with Crippen molar-refractivity contribution in [2.75, 3.05) is 13.2 Å². The number of rotatable bonds is 63. The van der Waals surface area contributed by atoms with Crippen molar-refractivity contribution in [3.8, 4) is 83.9 Å². The van der Waals surface area contributed by atoms with Crippen LogP contribution < -0.4 is 18.9 Å². The first-order valence-corrected chi connectivity index (χ1v) is 57.4. The predicted octanol–water partition coefficient (Wildman–Crippen LogP) is 39.4. The van der Waals surface area contributed by atoms with Crippen molar-refractivity contribution in [3.63, 3.8) is 0 Å². The van der Waals surface area contributed by atoms with Crippen molar-refractivity contribution in [3.05, 3.63) is 172 Å². The fourth-order valence-corrected chi connectivity index (χ4v) is 27.7. The molecule has 2 aromatic carbocycles. The number of halogens is 4. The molecule has 0 bridgehead atoms. The van der Waals surface area contributed by atoms with Gasteiger partial charge in [-0.3, -0.25) is 9.59 Å². The Morgan fingerprint density at radius 2 is 0.640 bits per heavy atom. The van der Waals surface area contributed by atoms with Crippen molar-refractivity contribution in [2.45, 2.75) is 400 Å². The summed E-state index contributed by atoms with van der Waals surface area (Å²) < 4.78 is 91.2. The number of carbonyl (C=O) groups is 2. The number of fused-ring (bicyclic) bond motifs is 8. The van der Waals surface area contributed by atoms with Gasteiger partial charge in [0.1, 0.15) is 34.2 Å². The zero-order chi connectivity index (χ0) is 96.4. The number of thiophene rings is 6. The molecule has 0 spiro atoms. The molecule has 4 aliphatic rings. The topological polar surface area (TPSA) is 127 Å². The van der Waals surface area contributed by atoms with Crippen LogP contribution in [0.1, 0.15) is 442 Å². The van der Waals surface area contributed by atoms with Crippen molar-refractivity contribution in [2.24, 2.45) is 11.8 Å². The van der Waals surface area contributed by atoms with E-state index in [2.05, 4.69) is 89.3 Å². The van der Waals surface area contributed by atoms with E-state index in [9.17, 15) is 20.1 Å². The molecule has 730 valence electrons. The number of hydrogen-bond donors (Lipinski definition) is 0. The molecule has 2 aliphatic carbocycles. The number of allylic oxidation sites excluding steroid dienone is 6. The van der Waals surface area contributed by atoms with Gasteiger partial charge >= 0.3 is 0 Å². The van der Waals surface area contributed by atoms with Gasteiger partial charge in [0.05, 0.1) is 77.5 Å². The molecule has 0 amide bonds. The van der Waals surface area contributed by atoms with Crippen molar-refractivity contribution < 1.29 is 46.1 Å². The minimum Gasteiger partial charge on any atom is -0.492 e. The molecule has 2 aliphatic heterocycles. The van der Waals surface area contributed by atoms with E-state index in [0.29, 0.717) is 34.5 Å². The van der Waals surface area contributed by atoms with Gasteiger partial charge < -0.3 is 18.9 Å². The average molecular weight is 1960 g/mol. The Bertz CT molecular complexity index is 5180. The summed E-state index contributed by atoms with van der Waals surface area (Å²) in [4.78, 5) is 48.0. The largest absolute Gasteiger partial charge is 0.492 e. The minimum absolute atomic E-state index is 0.0119. The average Bonchev–Trinajstić information content (AvgIpc) is 1.56. The Morgan fingerprint density at radius 3 is 0.919 bits per heavy atom. The zero-order valence-corrected chi connectivity index (χ0v) is 87.4. The van der Waals surface area contributed by atoms with Crippen LogP contribution in [0.15, 0.2) is 83.2 Å². The number of nitriles is 2. The number of ether oxygens (including phenoxy) is 4. The summed E-state index contributed by atoms with van der Waals surface area (Å²) in [5.74, 6) is -2.47. The number of benzene rings is 2. The highest BCUT2D eigenvalue weighted by molar-refractivity contribution is 7.31. The van der Waals surface area contributed by atoms with Crippen LogP contribution in [0.25, 0.3) is 81.8 Å². The maximum Gasteiger partial charge on any atom is 0.270 e. The number of ketones is 2. The summed E-state index contributed by atoms with van der Waals surface area (Å²) in [6.07, 6.45) is 63.1. The molecule has 6 aromatic heterocycles. The minimum atomic E-state index is -1.19. The molecule has 136 heavy (non-hydrogen) atoms. The molecule has 2 unspecified atom stereocenters. The van der Waals surface area contributed by atoms with Crippen LogP contribution in [0, 0.1) is 70.9 Å². The number of carbonyl (C=O) groups excluding carboxylic acids is 2. The fourth-order valence-electron chi connectivity index (χ4n) is 20.3. The second kappa shape index (κ2) is 54.6. The van der Waals surface area contributed by atoms with Crippen LogP contribution in [0.2, 0.25) is 0 Å². The molecular formula is C116H146F4N4O6S6. The van der Waals surface area contributed by atoms with E-state index in [1.54, 1.807) is 34.8 Å². The van der Waals surface area contributed by atoms with Crippen LogP contribution in [0.3, 0.4) is 0 Å². The van der Waals surface area contributed by atoms with Gasteiger partial charge in [-0.1, -0.05) is 325 Å². The summed E-state index contributed by atoms with van der Waals surface area (Å²) in [7, 11) is 0. The summed E-state index contributed by atoms with van der Waals surface area (Å²) >= 11 is 10.0. The number of unbranched alkanes of at least 4 members (excludes halogenated alkanes) is 38. The number of nitrogens with zero attached hydrogens (tertiary/aromatic N) is 4. The van der Waals surface area contributed by atoms with Gasteiger partial charge in [0.2, 0.25) is 0 Å². The number of Topliss-reactive ketones (excluding diaryl/α,β-unsaturated/α-hetero) is 2. The number of hydrogen-bond acceptors (Lipinski definition) is 14. The first kappa shape index (κ1) is 107. The molecule has 20 heteroatoms. The van der Waals surface area contributed by atoms with Crippen LogP contribution in [0.4, 0.5) is 17.6 Å². The highest BCUT2D eigenvalue weighted by Crippen LogP contribution is 2.64. The van der Waals surface area contributed by atoms with Gasteiger partial charge in [-0.05, 0) is 148 Å². The standard InChI is InChI=1S/C116H146F4N4O6S6/c1-11-19-25-29-33-37-41-45-49-53-59-115(60-54-50-46-42-38-34-30-26-20-12-2)89-71-101(133-109(89)113-99(129-115)73-103(135-113)111-97(127-77-79(17-7)57-23-15-5)65-81(131-111)63-87-105(95(75-121)123-9)83-67-91(117)93(119)69-85(83)107(87)125)102-72-90-110(134-102)114-100(130-116(90,61-55-51-47-43-39-35-31-27-21-13-3)62-56-52-48-44-40-36-32-28-22-14-4)74-104(136-114)112-98(128-78-80(18-8)58-24-16-6)66-82(132-112)64-88-106(96(76-122)124-10)84-68-92(118)94(120)70-86(84)108(88)126/h63-74,79-80H,11-62,77-78H2,1-8H3/b87-63-,88-64-,105-95-,106-96+. The third-order valence-electron chi connectivity index (χ3n) is 28.4. The summed E-state index contributed by atoms with van der Waals surface area (Å²) in [6.45, 7) is 35.0. The smallest absolute Gasteiger partial charge is 0.270 e. The third-order valence-corrected chi connectivity index (χ3v) is 35.9. The Balaban J connectivity index is 1.03. The molecule has 0 radical (unpaired) electrons. The molecule has 12 rings (SSSR count). The summed E-state index contributed by atoms with van der Waals surface area (Å²) in [5.41, 5.74) is 0.130. The lowest BCUT2D eigenvalue weighted by molar-refractivity contribution is 0.0395. The lowest BCUT2D eigenvalue weighted by Gasteiger charge is -2.38. The molecule has 0 saturated heterocycles. The maximum atomic E-state index is 15.3. The van der Waals surface area contributed by atoms with Gasteiger partial charge in [-0.15, -0.1) is 68.0 Å². The van der Waals surface area contributed by atoms with E-state index in [1.165, 1.54) is 233 Å². The van der Waals surface area contributed by atoms with E-state index in [0.717, 1.165) is 219 Å². The normalized spacial score (nSPS) is 15.6. The highest BCUT2D eigenvalue weighted by atomic mass is 32.1. The second-order valence-corrected chi connectivity index (χ2v) is 45.0. The fraction of sp³-hybridized carbons (Fsp3) is 0.569. The Kier molecular flexibility index (Phi) is 42.8. The van der Waals surface area contributed by atoms with Gasteiger partial charge in [-0.2, -0.15) is 0 Å². The van der Waals surface area contributed by atoms with E-state index in [1.807, 2.05) is 46.9 Å². The Hall–Kier alpha value is -8.18. The Morgan fingerprint density at radius 1 is 0.360 bits per heavy atom. The molecule has 10 nitrogen and oxygen atoms in total. The van der Waals surface area contributed by atoms with Gasteiger partial charge in [0.15, 0.2) is 34.8 Å². The first-order chi connectivity index (χ1) is 66.4. The van der Waals surface area contributed by atoms with Crippen LogP contribution in [-0.4, -0.2) is 24.8 Å². The lowest BCUT2D eigenvalue weighted by Crippen LogP contribution is -2.35. The predicted molar refractivity (Wildman–Crippen MR) is 565 cm³/mol. The van der Waals surface area contributed by atoms with Gasteiger partial charge in [-0.25, -0.2) is 37.8 Å². The maximum absolute atomic E-state index is 15.3. The van der Waals surface area contributed by atoms with Gasteiger partial charge in [0.25, 0.3) is 11.4 Å². The van der Waals surface area contributed by atoms with E-state index < -0.39 is 46.0 Å². The molecule has 8 heterocycles. The molecule has 8 aromatic rings. The van der Waals surface area contributed by atoms with Crippen LogP contribution in [0.5, 0.6) is 23.0 Å². The Labute approximate surface area is 835 Å². The molecule has 0 saturated carbocycles. The molecule has 2 atom stereocenters. The summed E-state index contributed by atoms with van der Waals surface area (Å²) in [5, 5.41) is 20.9. The van der Waals surface area contributed by atoms with E-state index in [4.69, 9.17) is 32.1 Å². The zero-order valence-electron chi connectivity index (χ0n) is 82.5. The SMILES string of the molecule is [C-]#[N+]/C(C#N)=C1\C(=C\c2cc(OCC(CC)CCCC)c(-c3cc4c(s3)-c3sc(-c5cc6c(s5)-c5sc(-c7sc(/C=C8\C(=O)c9cc(F)c(F)cc9\C8=C(\C#N)[N+]#[C-])cc7OCC(CC)CCCC)cc5OC6(CCCCCCCCCCCC)CCCCCCCCCCCC)cc3C(CCCCCCCCCCCC)(CCCCCCCCCCCC)O4)s2)C(=O)c2cc(F)c(F)cc21.